The lowest BCUT2D eigenvalue weighted by atomic mass is 10.0. The van der Waals surface area contributed by atoms with Crippen LogP contribution in [0.1, 0.15) is 44.7 Å². The van der Waals surface area contributed by atoms with Gasteiger partial charge in [0.2, 0.25) is 5.91 Å². The van der Waals surface area contributed by atoms with Crippen molar-refractivity contribution in [2.24, 2.45) is 5.73 Å². The summed E-state index contributed by atoms with van der Waals surface area (Å²) in [5.41, 5.74) is 7.14. The number of rotatable bonds is 5. The number of hydrogen-bond acceptors (Lipinski definition) is 2. The van der Waals surface area contributed by atoms with E-state index in [1.807, 2.05) is 35.2 Å². The molecule has 0 saturated heterocycles. The van der Waals surface area contributed by atoms with Crippen LogP contribution in [0.3, 0.4) is 0 Å². The Morgan fingerprint density at radius 3 is 2.44 bits per heavy atom. The summed E-state index contributed by atoms with van der Waals surface area (Å²) < 4.78 is 0. The molecule has 0 heterocycles. The molecule has 98 valence electrons. The summed E-state index contributed by atoms with van der Waals surface area (Å²) >= 11 is 0. The van der Waals surface area contributed by atoms with E-state index in [4.69, 9.17) is 5.73 Å². The Labute approximate surface area is 109 Å². The van der Waals surface area contributed by atoms with Crippen LogP contribution in [0.25, 0.3) is 0 Å². The van der Waals surface area contributed by atoms with Crippen molar-refractivity contribution in [1.82, 2.24) is 4.90 Å². The normalized spacial score (nSPS) is 16.7. The topological polar surface area (TPSA) is 46.3 Å². The lowest BCUT2D eigenvalue weighted by Crippen LogP contribution is -2.40. The van der Waals surface area contributed by atoms with Crippen molar-refractivity contribution in [1.29, 1.82) is 0 Å². The van der Waals surface area contributed by atoms with Crippen LogP contribution >= 0.6 is 0 Å². The molecule has 2 N–H and O–H groups in total. The van der Waals surface area contributed by atoms with Gasteiger partial charge in [-0.1, -0.05) is 30.3 Å². The van der Waals surface area contributed by atoms with Gasteiger partial charge < -0.3 is 10.6 Å². The summed E-state index contributed by atoms with van der Waals surface area (Å²) in [6, 6.07) is 10.4. The predicted octanol–water partition coefficient (Wildman–Crippen LogP) is 2.48. The first-order chi connectivity index (χ1) is 8.59. The Morgan fingerprint density at radius 2 is 1.94 bits per heavy atom. The molecule has 1 atom stereocenters. The number of nitrogens with zero attached hydrogens (tertiary/aromatic N) is 1. The largest absolute Gasteiger partial charge is 0.337 e. The fourth-order valence-electron chi connectivity index (χ4n) is 2.38. The molecule has 0 bridgehead atoms. The zero-order chi connectivity index (χ0) is 13.1. The van der Waals surface area contributed by atoms with Gasteiger partial charge in [-0.25, -0.2) is 0 Å². The fourth-order valence-corrected chi connectivity index (χ4v) is 2.38. The number of benzene rings is 1. The average molecular weight is 246 g/mol. The van der Waals surface area contributed by atoms with Crippen molar-refractivity contribution < 1.29 is 4.79 Å². The molecule has 1 aromatic carbocycles. The molecule has 0 aromatic heterocycles. The smallest absolute Gasteiger partial charge is 0.224 e. The minimum Gasteiger partial charge on any atom is -0.337 e. The molecule has 2 rings (SSSR count). The molecule has 1 fully saturated rings. The first-order valence-electron chi connectivity index (χ1n) is 6.71. The van der Waals surface area contributed by atoms with E-state index < -0.39 is 0 Å². The van der Waals surface area contributed by atoms with Crippen LogP contribution in [0.2, 0.25) is 0 Å². The van der Waals surface area contributed by atoms with Crippen molar-refractivity contribution >= 4 is 5.91 Å². The van der Waals surface area contributed by atoms with Crippen molar-refractivity contribution in [3.8, 4) is 0 Å². The van der Waals surface area contributed by atoms with Gasteiger partial charge in [-0.15, -0.1) is 0 Å². The minimum absolute atomic E-state index is 0.184. The number of nitrogens with two attached hydrogens (primary N) is 1. The minimum atomic E-state index is -0.196. The zero-order valence-electron chi connectivity index (χ0n) is 11.2. The van der Waals surface area contributed by atoms with Crippen LogP contribution in [0.4, 0.5) is 0 Å². The third-order valence-electron chi connectivity index (χ3n) is 3.41. The highest BCUT2D eigenvalue weighted by atomic mass is 16.2. The first kappa shape index (κ1) is 13.1. The van der Waals surface area contributed by atoms with Gasteiger partial charge in [0.25, 0.3) is 0 Å². The van der Waals surface area contributed by atoms with Crippen LogP contribution in [0.15, 0.2) is 30.3 Å². The highest BCUT2D eigenvalue weighted by molar-refractivity contribution is 5.78. The summed E-state index contributed by atoms with van der Waals surface area (Å²) in [5, 5.41) is 0. The molecular weight excluding hydrogens is 224 g/mol. The van der Waals surface area contributed by atoms with Crippen LogP contribution < -0.4 is 5.73 Å². The second kappa shape index (κ2) is 5.53. The molecular formula is C15H22N2O. The standard InChI is InChI=1S/C15H22N2O/c1-11(2)17(13-8-9-13)15(18)10-14(16)12-6-4-3-5-7-12/h3-7,11,13-14H,8-10,16H2,1-2H3. The van der Waals surface area contributed by atoms with Crippen LogP contribution in [-0.4, -0.2) is 22.9 Å². The molecule has 0 aliphatic heterocycles. The molecule has 1 aliphatic rings. The van der Waals surface area contributed by atoms with E-state index in [9.17, 15) is 4.79 Å². The molecule has 1 saturated carbocycles. The van der Waals surface area contributed by atoms with Crippen LogP contribution in [0, 0.1) is 0 Å². The van der Waals surface area contributed by atoms with E-state index in [2.05, 4.69) is 13.8 Å². The van der Waals surface area contributed by atoms with E-state index in [0.717, 1.165) is 18.4 Å². The third kappa shape index (κ3) is 3.10. The Balaban J connectivity index is 1.98. The SMILES string of the molecule is CC(C)N(C(=O)CC(N)c1ccccc1)C1CC1. The highest BCUT2D eigenvalue weighted by Gasteiger charge is 2.34. The van der Waals surface area contributed by atoms with Gasteiger partial charge in [0, 0.05) is 24.5 Å². The summed E-state index contributed by atoms with van der Waals surface area (Å²) in [6.07, 6.45) is 2.69. The second-order valence-electron chi connectivity index (χ2n) is 5.35. The van der Waals surface area contributed by atoms with Gasteiger partial charge in [-0.3, -0.25) is 4.79 Å². The Hall–Kier alpha value is -1.35. The van der Waals surface area contributed by atoms with Gasteiger partial charge in [-0.05, 0) is 32.3 Å². The first-order valence-corrected chi connectivity index (χ1v) is 6.71. The highest BCUT2D eigenvalue weighted by Crippen LogP contribution is 2.30. The average Bonchev–Trinajstić information content (AvgIpc) is 3.14. The molecule has 1 amide bonds. The van der Waals surface area contributed by atoms with Gasteiger partial charge in [0.1, 0.15) is 0 Å². The van der Waals surface area contributed by atoms with E-state index >= 15 is 0 Å². The second-order valence-corrected chi connectivity index (χ2v) is 5.35. The quantitative estimate of drug-likeness (QED) is 0.867. The van der Waals surface area contributed by atoms with E-state index in [0.29, 0.717) is 12.5 Å². The summed E-state index contributed by atoms with van der Waals surface area (Å²) in [4.78, 5) is 14.3. The Morgan fingerprint density at radius 1 is 1.33 bits per heavy atom. The number of carbonyl (C=O) groups excluding carboxylic acids is 1. The van der Waals surface area contributed by atoms with Crippen LogP contribution in [0.5, 0.6) is 0 Å². The number of carbonyl (C=O) groups is 1. The molecule has 1 unspecified atom stereocenters. The molecule has 0 radical (unpaired) electrons. The molecule has 18 heavy (non-hydrogen) atoms. The van der Waals surface area contributed by atoms with Gasteiger partial charge in [-0.2, -0.15) is 0 Å². The summed E-state index contributed by atoms with van der Waals surface area (Å²) in [5.74, 6) is 0.184. The van der Waals surface area contributed by atoms with Gasteiger partial charge >= 0.3 is 0 Å². The summed E-state index contributed by atoms with van der Waals surface area (Å²) in [6.45, 7) is 4.15. The van der Waals surface area contributed by atoms with Crippen LogP contribution in [-0.2, 0) is 4.79 Å². The Bertz CT molecular complexity index is 396. The molecule has 1 aliphatic carbocycles. The van der Waals surface area contributed by atoms with Gasteiger partial charge in [0.05, 0.1) is 0 Å². The van der Waals surface area contributed by atoms with E-state index in [1.54, 1.807) is 0 Å². The number of hydrogen-bond donors (Lipinski definition) is 1. The van der Waals surface area contributed by atoms with E-state index in [-0.39, 0.29) is 18.0 Å². The maximum atomic E-state index is 12.3. The van der Waals surface area contributed by atoms with Crippen molar-refractivity contribution in [2.75, 3.05) is 0 Å². The predicted molar refractivity (Wildman–Crippen MR) is 73.0 cm³/mol. The van der Waals surface area contributed by atoms with Gasteiger partial charge in [0.15, 0.2) is 0 Å². The zero-order valence-corrected chi connectivity index (χ0v) is 11.2. The monoisotopic (exact) mass is 246 g/mol. The molecule has 1 aromatic rings. The molecule has 3 heteroatoms. The molecule has 3 nitrogen and oxygen atoms in total. The van der Waals surface area contributed by atoms with Crippen molar-refractivity contribution in [2.45, 2.75) is 51.2 Å². The maximum absolute atomic E-state index is 12.3. The lowest BCUT2D eigenvalue weighted by Gasteiger charge is -2.28. The third-order valence-corrected chi connectivity index (χ3v) is 3.41. The van der Waals surface area contributed by atoms with Crippen molar-refractivity contribution in [3.05, 3.63) is 35.9 Å². The van der Waals surface area contributed by atoms with Crippen molar-refractivity contribution in [3.63, 3.8) is 0 Å². The summed E-state index contributed by atoms with van der Waals surface area (Å²) in [7, 11) is 0. The Kier molecular flexibility index (Phi) is 4.02. The fraction of sp³-hybridized carbons (Fsp3) is 0.533. The number of amides is 1. The molecule has 0 spiro atoms. The lowest BCUT2D eigenvalue weighted by molar-refractivity contribution is -0.133. The maximum Gasteiger partial charge on any atom is 0.224 e. The van der Waals surface area contributed by atoms with E-state index in [1.165, 1.54) is 0 Å².